The van der Waals surface area contributed by atoms with Crippen molar-refractivity contribution in [3.05, 3.63) is 70.5 Å². The van der Waals surface area contributed by atoms with Gasteiger partial charge in [0.05, 0.1) is 5.69 Å². The molecule has 1 atom stereocenters. The third-order valence-corrected chi connectivity index (χ3v) is 4.02. The van der Waals surface area contributed by atoms with Crippen LogP contribution in [0.2, 0.25) is 5.02 Å². The maximum absolute atomic E-state index is 12.3. The minimum atomic E-state index is -1.24. The summed E-state index contributed by atoms with van der Waals surface area (Å²) in [6.45, 7) is 0. The quantitative estimate of drug-likeness (QED) is 0.786. The lowest BCUT2D eigenvalue weighted by atomic mass is 9.99. The first-order valence-electron chi connectivity index (χ1n) is 6.85. The highest BCUT2D eigenvalue weighted by Gasteiger charge is 2.33. The zero-order chi connectivity index (χ0) is 16.6. The highest BCUT2D eigenvalue weighted by Crippen LogP contribution is 2.41. The molecule has 0 fully saturated rings. The Morgan fingerprint density at radius 2 is 2.00 bits per heavy atom. The second kappa shape index (κ2) is 5.91. The van der Waals surface area contributed by atoms with Gasteiger partial charge in [-0.2, -0.15) is 0 Å². The van der Waals surface area contributed by atoms with Crippen LogP contribution >= 0.6 is 11.6 Å². The van der Waals surface area contributed by atoms with Crippen LogP contribution in [0, 0.1) is 0 Å². The molecule has 1 amide bonds. The van der Waals surface area contributed by atoms with Crippen LogP contribution in [0.15, 0.2) is 54.3 Å². The molecular weight excluding hydrogens is 318 g/mol. The molecule has 0 radical (unpaired) electrons. The van der Waals surface area contributed by atoms with E-state index in [0.717, 1.165) is 0 Å². The van der Waals surface area contributed by atoms with E-state index in [0.29, 0.717) is 21.8 Å². The molecule has 6 nitrogen and oxygen atoms in total. The van der Waals surface area contributed by atoms with Gasteiger partial charge >= 0.3 is 0 Å². The van der Waals surface area contributed by atoms with Crippen molar-refractivity contribution in [2.45, 2.75) is 6.10 Å². The normalized spacial score (nSPS) is 17.0. The first kappa shape index (κ1) is 15.3. The van der Waals surface area contributed by atoms with Gasteiger partial charge in [0, 0.05) is 35.6 Å². The fraction of sp³-hybridized carbons (Fsp3) is 0.125. The van der Waals surface area contributed by atoms with E-state index in [1.54, 1.807) is 25.2 Å². The number of fused-ring (bicyclic) bond motifs is 1. The van der Waals surface area contributed by atoms with E-state index in [2.05, 4.69) is 10.3 Å². The number of pyridine rings is 1. The minimum absolute atomic E-state index is 0.0186. The summed E-state index contributed by atoms with van der Waals surface area (Å²) in [6, 6.07) is 8.15. The van der Waals surface area contributed by atoms with Crippen molar-refractivity contribution < 1.29 is 15.0 Å². The van der Waals surface area contributed by atoms with Crippen molar-refractivity contribution in [3.63, 3.8) is 0 Å². The molecule has 1 aromatic heterocycles. The third-order valence-electron chi connectivity index (χ3n) is 3.69. The standard InChI is InChI=1S/C16H14ClN3O3/c1-20-11-4-2-3-10(17)12(11)14(21)13(16(20)23)19-15(22)9-5-7-18-8-6-9/h2-8,14,21,23H,1H3,(H,19,22). The summed E-state index contributed by atoms with van der Waals surface area (Å²) in [5.74, 6) is -0.702. The van der Waals surface area contributed by atoms with Crippen molar-refractivity contribution in [3.8, 4) is 0 Å². The Hall–Kier alpha value is -2.57. The monoisotopic (exact) mass is 331 g/mol. The van der Waals surface area contributed by atoms with Crippen LogP contribution in [0.3, 0.4) is 0 Å². The number of hydrogen-bond donors (Lipinski definition) is 3. The van der Waals surface area contributed by atoms with Gasteiger partial charge in [0.15, 0.2) is 0 Å². The van der Waals surface area contributed by atoms with E-state index in [1.165, 1.54) is 29.4 Å². The van der Waals surface area contributed by atoms with Gasteiger partial charge < -0.3 is 20.4 Å². The van der Waals surface area contributed by atoms with Crippen LogP contribution < -0.4 is 10.2 Å². The zero-order valence-corrected chi connectivity index (χ0v) is 12.9. The molecule has 0 saturated heterocycles. The Morgan fingerprint density at radius 1 is 1.30 bits per heavy atom. The molecule has 1 unspecified atom stereocenters. The Kier molecular flexibility index (Phi) is 3.94. The maximum atomic E-state index is 12.3. The molecule has 2 heterocycles. The second-order valence-corrected chi connectivity index (χ2v) is 5.47. The average molecular weight is 332 g/mol. The van der Waals surface area contributed by atoms with Gasteiger partial charge in [-0.3, -0.25) is 9.78 Å². The summed E-state index contributed by atoms with van der Waals surface area (Å²) in [6.07, 6.45) is 1.73. The summed E-state index contributed by atoms with van der Waals surface area (Å²) < 4.78 is 0. The second-order valence-electron chi connectivity index (χ2n) is 5.06. The molecule has 3 rings (SSSR count). The number of nitrogens with one attached hydrogen (secondary N) is 1. The summed E-state index contributed by atoms with van der Waals surface area (Å²) >= 11 is 6.16. The predicted octanol–water partition coefficient (Wildman–Crippen LogP) is 2.38. The third kappa shape index (κ3) is 2.62. The molecule has 0 aliphatic carbocycles. The van der Waals surface area contributed by atoms with E-state index < -0.39 is 12.0 Å². The van der Waals surface area contributed by atoms with Crippen molar-refractivity contribution in [1.29, 1.82) is 0 Å². The molecule has 1 aromatic carbocycles. The number of aliphatic hydroxyl groups is 2. The van der Waals surface area contributed by atoms with Gasteiger partial charge in [0.1, 0.15) is 11.8 Å². The van der Waals surface area contributed by atoms with Crippen molar-refractivity contribution in [2.24, 2.45) is 0 Å². The van der Waals surface area contributed by atoms with Crippen LogP contribution in [0.4, 0.5) is 5.69 Å². The number of nitrogens with zero attached hydrogens (tertiary/aromatic N) is 2. The van der Waals surface area contributed by atoms with Crippen LogP contribution in [-0.2, 0) is 0 Å². The lowest BCUT2D eigenvalue weighted by Gasteiger charge is -2.32. The Morgan fingerprint density at radius 3 is 2.70 bits per heavy atom. The summed E-state index contributed by atoms with van der Waals surface area (Å²) in [4.78, 5) is 17.6. The van der Waals surface area contributed by atoms with Gasteiger partial charge in [0.2, 0.25) is 5.88 Å². The van der Waals surface area contributed by atoms with Crippen molar-refractivity contribution >= 4 is 23.2 Å². The highest BCUT2D eigenvalue weighted by molar-refractivity contribution is 6.32. The van der Waals surface area contributed by atoms with Crippen LogP contribution in [-0.4, -0.2) is 28.2 Å². The fourth-order valence-corrected chi connectivity index (χ4v) is 2.75. The number of carbonyl (C=O) groups excluding carboxylic acids is 1. The van der Waals surface area contributed by atoms with Gasteiger partial charge in [-0.15, -0.1) is 0 Å². The van der Waals surface area contributed by atoms with Crippen LogP contribution in [0.5, 0.6) is 0 Å². The molecule has 3 N–H and O–H groups in total. The molecule has 23 heavy (non-hydrogen) atoms. The fourth-order valence-electron chi connectivity index (χ4n) is 2.47. The van der Waals surface area contributed by atoms with Gasteiger partial charge in [-0.25, -0.2) is 0 Å². The molecule has 1 aliphatic heterocycles. The topological polar surface area (TPSA) is 85.7 Å². The molecule has 0 spiro atoms. The SMILES string of the molecule is CN1C(O)=C(NC(=O)c2ccncc2)C(O)c2c(Cl)cccc21. The lowest BCUT2D eigenvalue weighted by molar-refractivity contribution is 0.0940. The summed E-state index contributed by atoms with van der Waals surface area (Å²) in [7, 11) is 1.62. The number of aliphatic hydroxyl groups excluding tert-OH is 2. The van der Waals surface area contributed by atoms with Crippen molar-refractivity contribution in [2.75, 3.05) is 11.9 Å². The first-order valence-corrected chi connectivity index (χ1v) is 7.23. The number of anilines is 1. The number of aromatic nitrogens is 1. The number of rotatable bonds is 2. The van der Waals surface area contributed by atoms with E-state index in [4.69, 9.17) is 11.6 Å². The smallest absolute Gasteiger partial charge is 0.255 e. The summed E-state index contributed by atoms with van der Waals surface area (Å²) in [5.41, 5.74) is 1.35. The number of amides is 1. The van der Waals surface area contributed by atoms with E-state index >= 15 is 0 Å². The van der Waals surface area contributed by atoms with Gasteiger partial charge in [-0.05, 0) is 24.3 Å². The number of benzene rings is 1. The first-order chi connectivity index (χ1) is 11.0. The molecule has 7 heteroatoms. The predicted molar refractivity (Wildman–Crippen MR) is 86.2 cm³/mol. The van der Waals surface area contributed by atoms with Gasteiger partial charge in [-0.1, -0.05) is 17.7 Å². The van der Waals surface area contributed by atoms with E-state index in [9.17, 15) is 15.0 Å². The van der Waals surface area contributed by atoms with Crippen LogP contribution in [0.1, 0.15) is 22.0 Å². The van der Waals surface area contributed by atoms with Crippen molar-refractivity contribution in [1.82, 2.24) is 10.3 Å². The van der Waals surface area contributed by atoms with Gasteiger partial charge in [0.25, 0.3) is 5.91 Å². The molecular formula is C16H14ClN3O3. The lowest BCUT2D eigenvalue weighted by Crippen LogP contribution is -2.35. The maximum Gasteiger partial charge on any atom is 0.255 e. The largest absolute Gasteiger partial charge is 0.493 e. The zero-order valence-electron chi connectivity index (χ0n) is 12.2. The van der Waals surface area contributed by atoms with E-state index in [-0.39, 0.29) is 11.6 Å². The average Bonchev–Trinajstić information content (AvgIpc) is 2.57. The highest BCUT2D eigenvalue weighted by atomic mass is 35.5. The molecule has 2 aromatic rings. The molecule has 0 saturated carbocycles. The van der Waals surface area contributed by atoms with E-state index in [1.807, 2.05) is 0 Å². The Balaban J connectivity index is 1.98. The minimum Gasteiger partial charge on any atom is -0.493 e. The molecule has 0 bridgehead atoms. The molecule has 118 valence electrons. The van der Waals surface area contributed by atoms with Crippen LogP contribution in [0.25, 0.3) is 0 Å². The molecule has 1 aliphatic rings. The Bertz CT molecular complexity index is 792. The number of halogens is 1. The number of hydrogen-bond acceptors (Lipinski definition) is 5. The number of carbonyl (C=O) groups is 1. The Labute approximate surface area is 137 Å². The summed E-state index contributed by atoms with van der Waals surface area (Å²) in [5, 5.41) is 23.7.